The van der Waals surface area contributed by atoms with E-state index in [1.165, 1.54) is 6.07 Å². The zero-order valence-corrected chi connectivity index (χ0v) is 19.1. The molecule has 0 spiro atoms. The molecule has 1 atom stereocenters. The zero-order chi connectivity index (χ0) is 23.9. The van der Waals surface area contributed by atoms with Crippen LogP contribution < -0.4 is 9.47 Å². The summed E-state index contributed by atoms with van der Waals surface area (Å²) in [6.07, 6.45) is 2.65. The fraction of sp³-hybridized carbons (Fsp3) is 0.320. The van der Waals surface area contributed by atoms with Gasteiger partial charge in [0.05, 0.1) is 24.4 Å². The highest BCUT2D eigenvalue weighted by Gasteiger charge is 2.32. The first-order valence-corrected chi connectivity index (χ1v) is 11.0. The molecule has 1 unspecified atom stereocenters. The Balaban J connectivity index is 1.48. The first-order valence-electron chi connectivity index (χ1n) is 11.0. The van der Waals surface area contributed by atoms with E-state index in [9.17, 15) is 8.78 Å². The van der Waals surface area contributed by atoms with Gasteiger partial charge in [-0.1, -0.05) is 18.2 Å². The molecule has 0 radical (unpaired) electrons. The van der Waals surface area contributed by atoms with Crippen LogP contribution in [0, 0.1) is 6.92 Å². The van der Waals surface area contributed by atoms with Gasteiger partial charge in [0.2, 0.25) is 0 Å². The van der Waals surface area contributed by atoms with Crippen LogP contribution in [0.5, 0.6) is 11.5 Å². The Morgan fingerprint density at radius 3 is 2.68 bits per heavy atom. The van der Waals surface area contributed by atoms with Gasteiger partial charge < -0.3 is 18.5 Å². The standard InChI is InChI=1S/C25H24F2N4O3/c1-15-28-14-22(33-15)17-11-10-16(13-21(17)32-3)23-29-30-24-20(9-6-12-31(23)24)34-19-8-5-4-7-18(19)25(2,26)27/h4-5,7-8,10-11,13-14,20H,6,9,12H2,1-3H3. The second-order valence-electron chi connectivity index (χ2n) is 8.33. The van der Waals surface area contributed by atoms with Crippen molar-refractivity contribution >= 4 is 0 Å². The minimum atomic E-state index is -3.01. The van der Waals surface area contributed by atoms with Crippen LogP contribution in [-0.2, 0) is 12.5 Å². The Bertz CT molecular complexity index is 1330. The van der Waals surface area contributed by atoms with Crippen LogP contribution >= 0.6 is 0 Å². The lowest BCUT2D eigenvalue weighted by molar-refractivity contribution is 0.0122. The highest BCUT2D eigenvalue weighted by Crippen LogP contribution is 2.39. The third-order valence-electron chi connectivity index (χ3n) is 5.89. The normalized spacial score (nSPS) is 15.7. The van der Waals surface area contributed by atoms with Crippen LogP contribution in [0.4, 0.5) is 8.78 Å². The minimum absolute atomic E-state index is 0.144. The number of hydrogen-bond acceptors (Lipinski definition) is 6. The van der Waals surface area contributed by atoms with Crippen molar-refractivity contribution in [2.45, 2.75) is 45.3 Å². The fourth-order valence-corrected chi connectivity index (χ4v) is 4.27. The molecule has 2 aromatic heterocycles. The van der Waals surface area contributed by atoms with E-state index in [4.69, 9.17) is 13.9 Å². The Hall–Kier alpha value is -3.75. The van der Waals surface area contributed by atoms with Crippen molar-refractivity contribution < 1.29 is 22.7 Å². The molecular weight excluding hydrogens is 442 g/mol. The van der Waals surface area contributed by atoms with E-state index in [0.717, 1.165) is 24.5 Å². The van der Waals surface area contributed by atoms with Crippen molar-refractivity contribution in [2.75, 3.05) is 7.11 Å². The van der Waals surface area contributed by atoms with Crippen LogP contribution in [0.3, 0.4) is 0 Å². The quantitative estimate of drug-likeness (QED) is 0.350. The van der Waals surface area contributed by atoms with Crippen molar-refractivity contribution in [3.8, 4) is 34.2 Å². The van der Waals surface area contributed by atoms with Crippen molar-refractivity contribution in [1.29, 1.82) is 0 Å². The number of aromatic nitrogens is 4. The Morgan fingerprint density at radius 2 is 1.94 bits per heavy atom. The van der Waals surface area contributed by atoms with E-state index < -0.39 is 12.0 Å². The summed E-state index contributed by atoms with van der Waals surface area (Å²) in [6.45, 7) is 3.35. The first-order chi connectivity index (χ1) is 16.3. The summed E-state index contributed by atoms with van der Waals surface area (Å²) in [7, 11) is 1.59. The second-order valence-corrected chi connectivity index (χ2v) is 8.33. The number of hydrogen-bond donors (Lipinski definition) is 0. The molecule has 0 N–H and O–H groups in total. The number of methoxy groups -OCH3 is 1. The lowest BCUT2D eigenvalue weighted by atomic mass is 10.1. The molecule has 176 valence electrons. The molecule has 0 fully saturated rings. The van der Waals surface area contributed by atoms with Crippen molar-refractivity contribution in [3.63, 3.8) is 0 Å². The maximum absolute atomic E-state index is 14.1. The lowest BCUT2D eigenvalue weighted by Gasteiger charge is -2.26. The number of benzene rings is 2. The largest absolute Gasteiger partial charge is 0.496 e. The van der Waals surface area contributed by atoms with E-state index in [0.29, 0.717) is 42.0 Å². The number of para-hydroxylation sites is 1. The van der Waals surface area contributed by atoms with E-state index in [2.05, 4.69) is 15.2 Å². The van der Waals surface area contributed by atoms with Crippen LogP contribution in [0.1, 0.15) is 43.1 Å². The van der Waals surface area contributed by atoms with Gasteiger partial charge in [0.1, 0.15) is 11.5 Å². The lowest BCUT2D eigenvalue weighted by Crippen LogP contribution is -2.22. The number of aryl methyl sites for hydroxylation is 1. The number of oxazole rings is 1. The number of nitrogens with zero attached hydrogens (tertiary/aromatic N) is 4. The molecule has 1 aliphatic rings. The molecule has 0 bridgehead atoms. The summed E-state index contributed by atoms with van der Waals surface area (Å²) in [6, 6.07) is 11.9. The number of ether oxygens (including phenoxy) is 2. The van der Waals surface area contributed by atoms with Crippen LogP contribution in [-0.4, -0.2) is 26.9 Å². The van der Waals surface area contributed by atoms with E-state index >= 15 is 0 Å². The molecular formula is C25H24F2N4O3. The molecule has 1 aliphatic heterocycles. The van der Waals surface area contributed by atoms with Gasteiger partial charge in [-0.2, -0.15) is 0 Å². The van der Waals surface area contributed by atoms with Crippen molar-refractivity contribution in [2.24, 2.45) is 0 Å². The van der Waals surface area contributed by atoms with E-state index in [1.807, 2.05) is 22.8 Å². The highest BCUT2D eigenvalue weighted by atomic mass is 19.3. The van der Waals surface area contributed by atoms with E-state index in [-0.39, 0.29) is 11.3 Å². The maximum atomic E-state index is 14.1. The average Bonchev–Trinajstić information content (AvgIpc) is 3.45. The molecule has 0 amide bonds. The second kappa shape index (κ2) is 8.55. The summed E-state index contributed by atoms with van der Waals surface area (Å²) >= 11 is 0. The Labute approximate surface area is 195 Å². The zero-order valence-electron chi connectivity index (χ0n) is 19.1. The molecule has 9 heteroatoms. The third kappa shape index (κ3) is 4.02. The van der Waals surface area contributed by atoms with Gasteiger partial charge in [0.15, 0.2) is 29.4 Å². The third-order valence-corrected chi connectivity index (χ3v) is 5.89. The van der Waals surface area contributed by atoms with Crippen molar-refractivity contribution in [3.05, 3.63) is 65.9 Å². The summed E-state index contributed by atoms with van der Waals surface area (Å²) < 4.78 is 47.5. The van der Waals surface area contributed by atoms with Gasteiger partial charge >= 0.3 is 0 Å². The molecule has 5 rings (SSSR count). The smallest absolute Gasteiger partial charge is 0.274 e. The van der Waals surface area contributed by atoms with Gasteiger partial charge in [-0.25, -0.2) is 13.8 Å². The van der Waals surface area contributed by atoms with Gasteiger partial charge in [0, 0.05) is 26.0 Å². The molecule has 0 saturated carbocycles. The Morgan fingerprint density at radius 1 is 1.12 bits per heavy atom. The topological polar surface area (TPSA) is 75.2 Å². The average molecular weight is 466 g/mol. The summed E-state index contributed by atoms with van der Waals surface area (Å²) in [5.41, 5.74) is 1.45. The van der Waals surface area contributed by atoms with Crippen LogP contribution in [0.2, 0.25) is 0 Å². The molecule has 3 heterocycles. The number of alkyl halides is 2. The molecule has 2 aromatic carbocycles. The van der Waals surface area contributed by atoms with Crippen LogP contribution in [0.15, 0.2) is 53.1 Å². The first kappa shape index (κ1) is 22.1. The molecule has 0 aliphatic carbocycles. The minimum Gasteiger partial charge on any atom is -0.496 e. The number of fused-ring (bicyclic) bond motifs is 1. The van der Waals surface area contributed by atoms with Crippen molar-refractivity contribution in [1.82, 2.24) is 19.7 Å². The fourth-order valence-electron chi connectivity index (χ4n) is 4.27. The predicted molar refractivity (Wildman–Crippen MR) is 121 cm³/mol. The van der Waals surface area contributed by atoms with Gasteiger partial charge in [-0.15, -0.1) is 10.2 Å². The monoisotopic (exact) mass is 466 g/mol. The number of halogens is 2. The number of rotatable bonds is 6. The van der Waals surface area contributed by atoms with Gasteiger partial charge in [0.25, 0.3) is 5.92 Å². The summed E-state index contributed by atoms with van der Waals surface area (Å²) in [5, 5.41) is 8.78. The van der Waals surface area contributed by atoms with Gasteiger partial charge in [-0.05, 0) is 37.1 Å². The SMILES string of the molecule is COc1cc(-c2nnc3n2CCCC3Oc2ccccc2C(C)(F)F)ccc1-c1cnc(C)o1. The Kier molecular flexibility index (Phi) is 5.55. The summed E-state index contributed by atoms with van der Waals surface area (Å²) in [4.78, 5) is 4.15. The van der Waals surface area contributed by atoms with Crippen LogP contribution in [0.25, 0.3) is 22.7 Å². The van der Waals surface area contributed by atoms with Gasteiger partial charge in [-0.3, -0.25) is 0 Å². The predicted octanol–water partition coefficient (Wildman–Crippen LogP) is 5.94. The maximum Gasteiger partial charge on any atom is 0.274 e. The van der Waals surface area contributed by atoms with E-state index in [1.54, 1.807) is 38.4 Å². The molecule has 7 nitrogen and oxygen atoms in total. The highest BCUT2D eigenvalue weighted by molar-refractivity contribution is 5.71. The molecule has 4 aromatic rings. The molecule has 0 saturated heterocycles. The molecule has 34 heavy (non-hydrogen) atoms. The summed E-state index contributed by atoms with van der Waals surface area (Å²) in [5.74, 6) is 0.232.